The van der Waals surface area contributed by atoms with Crippen molar-refractivity contribution in [3.8, 4) is 0 Å². The van der Waals surface area contributed by atoms with E-state index in [0.717, 1.165) is 21.6 Å². The van der Waals surface area contributed by atoms with Gasteiger partial charge in [0.05, 0.1) is 9.48 Å². The molecule has 0 saturated carbocycles. The van der Waals surface area contributed by atoms with Gasteiger partial charge in [0, 0.05) is 35.6 Å². The SMILES string of the molecule is Cc1nn(C)c(C)c1C(N)Cc1ccc(Br)s1. The highest BCUT2D eigenvalue weighted by atomic mass is 79.9. The summed E-state index contributed by atoms with van der Waals surface area (Å²) < 4.78 is 3.05. The first-order valence-corrected chi connectivity index (χ1v) is 7.10. The van der Waals surface area contributed by atoms with Crippen molar-refractivity contribution in [2.24, 2.45) is 12.8 Å². The van der Waals surface area contributed by atoms with Crippen molar-refractivity contribution in [3.63, 3.8) is 0 Å². The summed E-state index contributed by atoms with van der Waals surface area (Å²) in [4.78, 5) is 1.30. The predicted octanol–water partition coefficient (Wildman–Crippen LogP) is 3.10. The van der Waals surface area contributed by atoms with Gasteiger partial charge in [0.25, 0.3) is 0 Å². The summed E-state index contributed by atoms with van der Waals surface area (Å²) in [5.41, 5.74) is 9.66. The normalized spacial score (nSPS) is 13.0. The number of hydrogen-bond donors (Lipinski definition) is 1. The summed E-state index contributed by atoms with van der Waals surface area (Å²) >= 11 is 5.21. The summed E-state index contributed by atoms with van der Waals surface area (Å²) in [7, 11) is 1.96. The second-order valence-corrected chi connectivity index (χ2v) is 6.77. The van der Waals surface area contributed by atoms with Crippen molar-refractivity contribution in [2.75, 3.05) is 0 Å². The number of nitrogens with zero attached hydrogens (tertiary/aromatic N) is 2. The zero-order valence-electron chi connectivity index (χ0n) is 10.2. The van der Waals surface area contributed by atoms with Crippen molar-refractivity contribution in [2.45, 2.75) is 26.3 Å². The molecule has 0 saturated heterocycles. The van der Waals surface area contributed by atoms with Crippen LogP contribution in [0.4, 0.5) is 0 Å². The van der Waals surface area contributed by atoms with E-state index in [1.54, 1.807) is 11.3 Å². The van der Waals surface area contributed by atoms with Crippen LogP contribution in [0.1, 0.15) is 27.9 Å². The lowest BCUT2D eigenvalue weighted by Crippen LogP contribution is -2.14. The van der Waals surface area contributed by atoms with Gasteiger partial charge >= 0.3 is 0 Å². The molecule has 2 aromatic rings. The maximum atomic E-state index is 6.29. The molecule has 5 heteroatoms. The van der Waals surface area contributed by atoms with E-state index in [2.05, 4.69) is 40.1 Å². The summed E-state index contributed by atoms with van der Waals surface area (Å²) in [6.45, 7) is 4.09. The van der Waals surface area contributed by atoms with Crippen LogP contribution in [-0.4, -0.2) is 9.78 Å². The Morgan fingerprint density at radius 3 is 2.65 bits per heavy atom. The molecule has 0 spiro atoms. The maximum absolute atomic E-state index is 6.29. The van der Waals surface area contributed by atoms with Gasteiger partial charge in [-0.2, -0.15) is 5.10 Å². The molecule has 0 amide bonds. The molecule has 0 aliphatic heterocycles. The number of thiophene rings is 1. The molecule has 2 aromatic heterocycles. The fraction of sp³-hybridized carbons (Fsp3) is 0.417. The number of aromatic nitrogens is 2. The Labute approximate surface area is 114 Å². The highest BCUT2D eigenvalue weighted by Crippen LogP contribution is 2.28. The highest BCUT2D eigenvalue weighted by Gasteiger charge is 2.17. The minimum atomic E-state index is 0.0225. The smallest absolute Gasteiger partial charge is 0.0701 e. The molecule has 0 aliphatic carbocycles. The first-order chi connectivity index (χ1) is 7.99. The van der Waals surface area contributed by atoms with Crippen molar-refractivity contribution in [3.05, 3.63) is 37.7 Å². The lowest BCUT2D eigenvalue weighted by molar-refractivity contribution is 0.705. The van der Waals surface area contributed by atoms with Crippen molar-refractivity contribution in [1.29, 1.82) is 0 Å². The first kappa shape index (κ1) is 12.8. The molecular formula is C12H16BrN3S. The molecule has 2 N–H and O–H groups in total. The van der Waals surface area contributed by atoms with Crippen molar-refractivity contribution >= 4 is 27.3 Å². The molecule has 0 aliphatic rings. The van der Waals surface area contributed by atoms with E-state index in [0.29, 0.717) is 0 Å². The number of rotatable bonds is 3. The lowest BCUT2D eigenvalue weighted by atomic mass is 10.0. The maximum Gasteiger partial charge on any atom is 0.0701 e. The second-order valence-electron chi connectivity index (χ2n) is 4.22. The Kier molecular flexibility index (Phi) is 3.70. The number of halogens is 1. The van der Waals surface area contributed by atoms with E-state index in [1.807, 2.05) is 18.7 Å². The monoisotopic (exact) mass is 313 g/mol. The Balaban J connectivity index is 2.22. The van der Waals surface area contributed by atoms with Gasteiger partial charge in [-0.05, 0) is 41.9 Å². The third-order valence-corrected chi connectivity index (χ3v) is 4.63. The first-order valence-electron chi connectivity index (χ1n) is 5.49. The highest BCUT2D eigenvalue weighted by molar-refractivity contribution is 9.11. The van der Waals surface area contributed by atoms with Crippen LogP contribution in [-0.2, 0) is 13.5 Å². The quantitative estimate of drug-likeness (QED) is 0.946. The summed E-state index contributed by atoms with van der Waals surface area (Å²) in [5, 5.41) is 4.41. The Bertz CT molecular complexity index is 530. The number of hydrogen-bond acceptors (Lipinski definition) is 3. The van der Waals surface area contributed by atoms with E-state index in [1.165, 1.54) is 10.4 Å². The van der Waals surface area contributed by atoms with Crippen LogP contribution in [0.2, 0.25) is 0 Å². The lowest BCUT2D eigenvalue weighted by Gasteiger charge is -2.11. The third-order valence-electron chi connectivity index (χ3n) is 2.99. The Morgan fingerprint density at radius 1 is 1.47 bits per heavy atom. The average molecular weight is 314 g/mol. The van der Waals surface area contributed by atoms with Gasteiger partial charge in [-0.1, -0.05) is 0 Å². The average Bonchev–Trinajstić information content (AvgIpc) is 2.73. The molecule has 92 valence electrons. The molecule has 1 atom stereocenters. The molecule has 0 fully saturated rings. The molecule has 2 heterocycles. The summed E-state index contributed by atoms with van der Waals surface area (Å²) in [6, 6.07) is 4.21. The van der Waals surface area contributed by atoms with Crippen LogP contribution in [0.5, 0.6) is 0 Å². The standard InChI is InChI=1S/C12H16BrN3S/c1-7-12(8(2)16(3)15-7)10(14)6-9-4-5-11(13)17-9/h4-5,10H,6,14H2,1-3H3. The number of aryl methyl sites for hydroxylation is 2. The van der Waals surface area contributed by atoms with E-state index in [-0.39, 0.29) is 6.04 Å². The summed E-state index contributed by atoms with van der Waals surface area (Å²) in [6.07, 6.45) is 0.865. The molecular weight excluding hydrogens is 298 g/mol. The van der Waals surface area contributed by atoms with Gasteiger partial charge in [-0.25, -0.2) is 0 Å². The van der Waals surface area contributed by atoms with Crippen molar-refractivity contribution in [1.82, 2.24) is 9.78 Å². The zero-order chi connectivity index (χ0) is 12.6. The largest absolute Gasteiger partial charge is 0.324 e. The van der Waals surface area contributed by atoms with Crippen LogP contribution in [0.3, 0.4) is 0 Å². The van der Waals surface area contributed by atoms with E-state index >= 15 is 0 Å². The summed E-state index contributed by atoms with van der Waals surface area (Å²) in [5.74, 6) is 0. The molecule has 2 rings (SSSR count). The second kappa shape index (κ2) is 4.92. The predicted molar refractivity (Wildman–Crippen MR) is 75.3 cm³/mol. The molecule has 17 heavy (non-hydrogen) atoms. The Morgan fingerprint density at radius 2 is 2.18 bits per heavy atom. The van der Waals surface area contributed by atoms with Gasteiger partial charge in [-0.3, -0.25) is 4.68 Å². The zero-order valence-corrected chi connectivity index (χ0v) is 12.6. The third kappa shape index (κ3) is 2.61. The van der Waals surface area contributed by atoms with Crippen LogP contribution in [0.15, 0.2) is 15.9 Å². The van der Waals surface area contributed by atoms with E-state index in [9.17, 15) is 0 Å². The van der Waals surface area contributed by atoms with Crippen LogP contribution in [0.25, 0.3) is 0 Å². The van der Waals surface area contributed by atoms with Crippen LogP contribution >= 0.6 is 27.3 Å². The van der Waals surface area contributed by atoms with Gasteiger partial charge in [0.2, 0.25) is 0 Å². The molecule has 0 bridgehead atoms. The molecule has 1 unspecified atom stereocenters. The van der Waals surface area contributed by atoms with Crippen LogP contribution < -0.4 is 5.73 Å². The van der Waals surface area contributed by atoms with Gasteiger partial charge in [0.15, 0.2) is 0 Å². The molecule has 0 aromatic carbocycles. The van der Waals surface area contributed by atoms with E-state index < -0.39 is 0 Å². The topological polar surface area (TPSA) is 43.8 Å². The van der Waals surface area contributed by atoms with Gasteiger partial charge in [-0.15, -0.1) is 11.3 Å². The molecule has 3 nitrogen and oxygen atoms in total. The minimum absolute atomic E-state index is 0.0225. The van der Waals surface area contributed by atoms with Crippen LogP contribution in [0, 0.1) is 13.8 Å². The van der Waals surface area contributed by atoms with Gasteiger partial charge < -0.3 is 5.73 Å². The fourth-order valence-corrected chi connectivity index (χ4v) is 3.65. The van der Waals surface area contributed by atoms with Gasteiger partial charge in [0.1, 0.15) is 0 Å². The van der Waals surface area contributed by atoms with E-state index in [4.69, 9.17) is 5.73 Å². The number of nitrogens with two attached hydrogens (primary N) is 1. The molecule has 0 radical (unpaired) electrons. The van der Waals surface area contributed by atoms with Crippen molar-refractivity contribution < 1.29 is 0 Å². The Hall–Kier alpha value is -0.650. The fourth-order valence-electron chi connectivity index (χ4n) is 2.11. The minimum Gasteiger partial charge on any atom is -0.324 e.